The average Bonchev–Trinajstić information content (AvgIpc) is 3.39. The first kappa shape index (κ1) is 21.9. The molecule has 6 nitrogen and oxygen atoms in total. The number of halogens is 1. The Morgan fingerprint density at radius 3 is 2.35 bits per heavy atom. The minimum Gasteiger partial charge on any atom is -0.462 e. The smallest absolute Gasteiger partial charge is 0.338 e. The Bertz CT molecular complexity index is 1360. The van der Waals surface area contributed by atoms with Crippen molar-refractivity contribution in [3.8, 4) is 11.3 Å². The Balaban J connectivity index is 1.63. The van der Waals surface area contributed by atoms with E-state index in [1.54, 1.807) is 36.1 Å². The highest BCUT2D eigenvalue weighted by Gasteiger charge is 2.43. The van der Waals surface area contributed by atoms with Crippen LogP contribution in [0.4, 0.5) is 5.69 Å². The van der Waals surface area contributed by atoms with E-state index in [2.05, 4.69) is 10.2 Å². The van der Waals surface area contributed by atoms with Gasteiger partial charge in [-0.05, 0) is 55.8 Å². The molecule has 34 heavy (non-hydrogen) atoms. The lowest BCUT2D eigenvalue weighted by Gasteiger charge is -2.26. The van der Waals surface area contributed by atoms with Crippen molar-refractivity contribution in [1.29, 1.82) is 0 Å². The molecule has 1 N–H and O–H groups in total. The number of H-pyrrole nitrogens is 1. The second-order valence-corrected chi connectivity index (χ2v) is 8.56. The van der Waals surface area contributed by atoms with Crippen LogP contribution in [0.15, 0.2) is 72.8 Å². The fourth-order valence-electron chi connectivity index (χ4n) is 4.28. The molecule has 7 heteroatoms. The number of hydrogen-bond donors (Lipinski definition) is 1. The molecule has 0 saturated carbocycles. The summed E-state index contributed by atoms with van der Waals surface area (Å²) in [6, 6.07) is 22.0. The molecule has 1 aromatic heterocycles. The van der Waals surface area contributed by atoms with E-state index in [0.717, 1.165) is 27.9 Å². The zero-order valence-corrected chi connectivity index (χ0v) is 19.5. The van der Waals surface area contributed by atoms with Crippen molar-refractivity contribution in [1.82, 2.24) is 10.2 Å². The molecule has 1 aliphatic rings. The van der Waals surface area contributed by atoms with Gasteiger partial charge in [0.15, 0.2) is 0 Å². The number of carbonyl (C=O) groups is 2. The van der Waals surface area contributed by atoms with Crippen LogP contribution in [-0.2, 0) is 4.74 Å². The number of nitrogens with zero attached hydrogens (tertiary/aromatic N) is 2. The van der Waals surface area contributed by atoms with Crippen LogP contribution >= 0.6 is 11.6 Å². The van der Waals surface area contributed by atoms with Crippen LogP contribution in [-0.4, -0.2) is 28.7 Å². The first-order chi connectivity index (χ1) is 16.5. The summed E-state index contributed by atoms with van der Waals surface area (Å²) in [4.78, 5) is 27.4. The highest BCUT2D eigenvalue weighted by molar-refractivity contribution is 6.30. The molecule has 170 valence electrons. The van der Waals surface area contributed by atoms with Crippen LogP contribution in [0.1, 0.15) is 50.5 Å². The summed E-state index contributed by atoms with van der Waals surface area (Å²) < 4.78 is 5.08. The Kier molecular flexibility index (Phi) is 5.67. The fourth-order valence-corrected chi connectivity index (χ4v) is 4.40. The quantitative estimate of drug-likeness (QED) is 0.364. The molecule has 4 aromatic rings. The zero-order valence-electron chi connectivity index (χ0n) is 18.7. The molecule has 0 unspecified atom stereocenters. The third kappa shape index (κ3) is 3.76. The monoisotopic (exact) mass is 471 g/mol. The van der Waals surface area contributed by atoms with Gasteiger partial charge in [0, 0.05) is 21.8 Å². The average molecular weight is 472 g/mol. The summed E-state index contributed by atoms with van der Waals surface area (Å²) >= 11 is 6.15. The number of esters is 1. The van der Waals surface area contributed by atoms with Crippen LogP contribution in [0.5, 0.6) is 0 Å². The predicted molar refractivity (Wildman–Crippen MR) is 131 cm³/mol. The first-order valence-corrected chi connectivity index (χ1v) is 11.4. The number of amides is 1. The normalized spacial score (nSPS) is 14.9. The van der Waals surface area contributed by atoms with Crippen LogP contribution in [0.2, 0.25) is 5.02 Å². The first-order valence-electron chi connectivity index (χ1n) is 11.0. The van der Waals surface area contributed by atoms with E-state index >= 15 is 0 Å². The molecule has 2 heterocycles. The van der Waals surface area contributed by atoms with Crippen molar-refractivity contribution in [3.63, 3.8) is 0 Å². The molecule has 0 radical (unpaired) electrons. The van der Waals surface area contributed by atoms with E-state index in [1.807, 2.05) is 55.5 Å². The predicted octanol–water partition coefficient (Wildman–Crippen LogP) is 5.97. The van der Waals surface area contributed by atoms with Crippen LogP contribution < -0.4 is 4.90 Å². The largest absolute Gasteiger partial charge is 0.462 e. The number of carbonyl (C=O) groups excluding carboxylic acids is 2. The van der Waals surface area contributed by atoms with Gasteiger partial charge in [-0.2, -0.15) is 5.10 Å². The maximum atomic E-state index is 13.6. The number of benzene rings is 3. The van der Waals surface area contributed by atoms with Gasteiger partial charge in [-0.15, -0.1) is 0 Å². The number of hydrogen-bond acceptors (Lipinski definition) is 4. The summed E-state index contributed by atoms with van der Waals surface area (Å²) in [5, 5.41) is 8.09. The number of anilines is 1. The standard InChI is InChI=1S/C27H22ClN3O3/c1-3-34-27(33)19-10-14-21(15-11-19)31-25(18-8-12-20(28)13-9-18)22-23(29-30-24(22)26(31)32)17-6-4-16(2)5-7-17/h4-15,25H,3H2,1-2H3,(H,29,30)/t25-/m0/s1. The van der Waals surface area contributed by atoms with Gasteiger partial charge in [-0.25, -0.2) is 4.79 Å². The van der Waals surface area contributed by atoms with Crippen molar-refractivity contribution >= 4 is 29.2 Å². The van der Waals surface area contributed by atoms with Gasteiger partial charge < -0.3 is 4.74 Å². The fraction of sp³-hybridized carbons (Fsp3) is 0.148. The molecule has 0 fully saturated rings. The van der Waals surface area contributed by atoms with Crippen LogP contribution in [0.3, 0.4) is 0 Å². The third-order valence-electron chi connectivity index (χ3n) is 5.94. The molecule has 0 spiro atoms. The number of nitrogens with one attached hydrogen (secondary N) is 1. The summed E-state index contributed by atoms with van der Waals surface area (Å²) in [5.74, 6) is -0.586. The Morgan fingerprint density at radius 2 is 1.71 bits per heavy atom. The highest BCUT2D eigenvalue weighted by atomic mass is 35.5. The van der Waals surface area contributed by atoms with Gasteiger partial charge in [-0.1, -0.05) is 53.6 Å². The van der Waals surface area contributed by atoms with Crippen LogP contribution in [0, 0.1) is 6.92 Å². The second kappa shape index (κ2) is 8.80. The van der Waals surface area contributed by atoms with E-state index in [9.17, 15) is 9.59 Å². The second-order valence-electron chi connectivity index (χ2n) is 8.12. The molecule has 1 aliphatic heterocycles. The van der Waals surface area contributed by atoms with Gasteiger partial charge in [0.1, 0.15) is 5.69 Å². The minimum absolute atomic E-state index is 0.190. The molecule has 5 rings (SSSR count). The van der Waals surface area contributed by atoms with E-state index in [4.69, 9.17) is 16.3 Å². The summed E-state index contributed by atoms with van der Waals surface area (Å²) in [7, 11) is 0. The number of rotatable bonds is 5. The van der Waals surface area contributed by atoms with Gasteiger partial charge in [0.25, 0.3) is 5.91 Å². The topological polar surface area (TPSA) is 75.3 Å². The van der Waals surface area contributed by atoms with Gasteiger partial charge in [0.2, 0.25) is 0 Å². The van der Waals surface area contributed by atoms with Crippen molar-refractivity contribution in [2.24, 2.45) is 0 Å². The lowest BCUT2D eigenvalue weighted by Crippen LogP contribution is -2.29. The van der Waals surface area contributed by atoms with Crippen LogP contribution in [0.25, 0.3) is 11.3 Å². The third-order valence-corrected chi connectivity index (χ3v) is 6.19. The number of aromatic amines is 1. The number of aryl methyl sites for hydroxylation is 1. The van der Waals surface area contributed by atoms with E-state index in [0.29, 0.717) is 28.6 Å². The number of fused-ring (bicyclic) bond motifs is 1. The molecular formula is C27H22ClN3O3. The highest BCUT2D eigenvalue weighted by Crippen LogP contribution is 2.45. The van der Waals surface area contributed by atoms with E-state index in [-0.39, 0.29) is 5.91 Å². The van der Waals surface area contributed by atoms with Crippen molar-refractivity contribution < 1.29 is 14.3 Å². The molecule has 0 aliphatic carbocycles. The molecule has 1 atom stereocenters. The maximum absolute atomic E-state index is 13.6. The maximum Gasteiger partial charge on any atom is 0.338 e. The van der Waals surface area contributed by atoms with E-state index < -0.39 is 12.0 Å². The Labute approximate surface area is 202 Å². The number of aromatic nitrogens is 2. The summed E-state index contributed by atoms with van der Waals surface area (Å²) in [6.45, 7) is 4.09. The summed E-state index contributed by atoms with van der Waals surface area (Å²) in [5.41, 5.74) is 6.06. The van der Waals surface area contributed by atoms with Gasteiger partial charge >= 0.3 is 5.97 Å². The lowest BCUT2D eigenvalue weighted by atomic mass is 9.95. The Hall–Kier alpha value is -3.90. The lowest BCUT2D eigenvalue weighted by molar-refractivity contribution is 0.0526. The molecule has 3 aromatic carbocycles. The van der Waals surface area contributed by atoms with Gasteiger partial charge in [0.05, 0.1) is 23.9 Å². The molecule has 0 saturated heterocycles. The van der Waals surface area contributed by atoms with Crippen molar-refractivity contribution in [2.75, 3.05) is 11.5 Å². The molecule has 1 amide bonds. The SMILES string of the molecule is CCOC(=O)c1ccc(N2C(=O)c3[nH]nc(-c4ccc(C)cc4)c3[C@@H]2c2ccc(Cl)cc2)cc1. The molecular weight excluding hydrogens is 450 g/mol. The number of ether oxygens (including phenoxy) is 1. The van der Waals surface area contributed by atoms with E-state index in [1.165, 1.54) is 0 Å². The molecule has 0 bridgehead atoms. The van der Waals surface area contributed by atoms with Crippen molar-refractivity contribution in [3.05, 3.63) is 106 Å². The minimum atomic E-state index is -0.414. The zero-order chi connectivity index (χ0) is 23.8. The Morgan fingerprint density at radius 1 is 1.03 bits per heavy atom. The van der Waals surface area contributed by atoms with Gasteiger partial charge in [-0.3, -0.25) is 14.8 Å². The summed E-state index contributed by atoms with van der Waals surface area (Å²) in [6.07, 6.45) is 0. The van der Waals surface area contributed by atoms with Crippen molar-refractivity contribution in [2.45, 2.75) is 19.9 Å².